The van der Waals surface area contributed by atoms with E-state index >= 15 is 0 Å². The van der Waals surface area contributed by atoms with E-state index in [1.54, 1.807) is 18.2 Å². The summed E-state index contributed by atoms with van der Waals surface area (Å²) in [5.74, 6) is -0.00267. The highest BCUT2D eigenvalue weighted by molar-refractivity contribution is 7.89. The Labute approximate surface area is 262 Å². The second-order valence-electron chi connectivity index (χ2n) is 11.4. The van der Waals surface area contributed by atoms with Crippen LogP contribution in [-0.4, -0.2) is 71.1 Å². The van der Waals surface area contributed by atoms with Crippen LogP contribution in [0.5, 0.6) is 0 Å². The van der Waals surface area contributed by atoms with Gasteiger partial charge in [-0.25, -0.2) is 13.6 Å². The van der Waals surface area contributed by atoms with E-state index in [0.717, 1.165) is 55.0 Å². The molecule has 0 aliphatic carbocycles. The Bertz CT molecular complexity index is 1630. The van der Waals surface area contributed by atoms with Gasteiger partial charge in [0.1, 0.15) is 11.0 Å². The number of benzene rings is 3. The van der Waals surface area contributed by atoms with Crippen molar-refractivity contribution in [3.8, 4) is 6.07 Å². The molecule has 44 heavy (non-hydrogen) atoms. The Kier molecular flexibility index (Phi) is 10.2. The van der Waals surface area contributed by atoms with Gasteiger partial charge < -0.3 is 19.6 Å². The Morgan fingerprint density at radius 2 is 1.50 bits per heavy atom. The molecule has 2 fully saturated rings. The molecule has 2 N–H and O–H groups in total. The predicted octanol–water partition coefficient (Wildman–Crippen LogP) is 4.92. The number of para-hydroxylation sites is 2. The minimum atomic E-state index is -3.85. The summed E-state index contributed by atoms with van der Waals surface area (Å²) < 4.78 is 24.2. The fraction of sp³-hybridized carbons (Fsp3) is 0.412. The second kappa shape index (κ2) is 13.7. The van der Waals surface area contributed by atoms with E-state index in [9.17, 15) is 18.5 Å². The summed E-state index contributed by atoms with van der Waals surface area (Å²) in [5, 5.41) is 15.0. The van der Waals surface area contributed by atoms with Gasteiger partial charge in [0.25, 0.3) is 5.91 Å². The summed E-state index contributed by atoms with van der Waals surface area (Å²) in [7, 11) is -3.85. The van der Waals surface area contributed by atoms with Gasteiger partial charge in [-0.1, -0.05) is 37.8 Å². The first kappa shape index (κ1) is 32.8. The van der Waals surface area contributed by atoms with Crippen LogP contribution in [0.15, 0.2) is 65.6 Å². The lowest BCUT2D eigenvalue weighted by atomic mass is 9.97. The number of hydrogen-bond acceptors (Lipinski definition) is 7. The van der Waals surface area contributed by atoms with Crippen molar-refractivity contribution in [1.29, 1.82) is 5.26 Å². The molecule has 0 unspecified atom stereocenters. The van der Waals surface area contributed by atoms with Crippen molar-refractivity contribution in [2.24, 2.45) is 5.14 Å². The van der Waals surface area contributed by atoms with Gasteiger partial charge >= 0.3 is 0 Å². The van der Waals surface area contributed by atoms with Gasteiger partial charge in [-0.2, -0.15) is 5.26 Å². The van der Waals surface area contributed by atoms with Gasteiger partial charge in [-0.3, -0.25) is 4.79 Å². The maximum atomic E-state index is 13.8. The van der Waals surface area contributed by atoms with Crippen LogP contribution in [0.25, 0.3) is 0 Å². The molecule has 3 aromatic rings. The Morgan fingerprint density at radius 3 is 2.11 bits per heavy atom. The number of nitrogens with zero attached hydrogens (tertiary/aromatic N) is 5. The van der Waals surface area contributed by atoms with Crippen molar-refractivity contribution < 1.29 is 13.2 Å². The van der Waals surface area contributed by atoms with Crippen LogP contribution < -0.4 is 19.8 Å². The molecule has 0 atom stereocenters. The molecule has 0 saturated carbocycles. The number of hydrogen-bond donors (Lipinski definition) is 1. The van der Waals surface area contributed by atoms with Crippen LogP contribution in [0.3, 0.4) is 0 Å². The molecule has 0 aromatic heterocycles. The lowest BCUT2D eigenvalue weighted by Crippen LogP contribution is -2.49. The van der Waals surface area contributed by atoms with Crippen molar-refractivity contribution in [3.05, 3.63) is 82.9 Å². The minimum Gasteiger partial charge on any atom is -0.370 e. The summed E-state index contributed by atoms with van der Waals surface area (Å²) in [6.07, 6.45) is 1.93. The molecular formula is C34H44N6O3S. The first-order valence-corrected chi connectivity index (χ1v) is 16.4. The number of anilines is 3. The van der Waals surface area contributed by atoms with Gasteiger partial charge in [0.05, 0.1) is 16.9 Å². The van der Waals surface area contributed by atoms with Crippen molar-refractivity contribution in [2.45, 2.75) is 52.0 Å². The summed E-state index contributed by atoms with van der Waals surface area (Å²) in [6, 6.07) is 21.4. The van der Waals surface area contributed by atoms with Gasteiger partial charge in [0.15, 0.2) is 0 Å². The average Bonchev–Trinajstić information content (AvgIpc) is 3.02. The van der Waals surface area contributed by atoms with E-state index in [1.165, 1.54) is 6.07 Å². The van der Waals surface area contributed by atoms with Gasteiger partial charge in [0.2, 0.25) is 10.0 Å². The zero-order chi connectivity index (χ0) is 30.7. The molecule has 9 nitrogen and oxygen atoms in total. The molecule has 0 radical (unpaired) electrons. The van der Waals surface area contributed by atoms with E-state index < -0.39 is 10.0 Å². The zero-order valence-electron chi connectivity index (χ0n) is 25.2. The van der Waals surface area contributed by atoms with Gasteiger partial charge in [-0.05, 0) is 75.1 Å². The van der Waals surface area contributed by atoms with Crippen LogP contribution in [-0.2, 0) is 10.0 Å². The zero-order valence-corrected chi connectivity index (χ0v) is 26.0. The highest BCUT2D eigenvalue weighted by Crippen LogP contribution is 2.32. The molecule has 1 amide bonds. The Balaban J connectivity index is 0.00000442. The lowest BCUT2D eigenvalue weighted by Gasteiger charge is -2.41. The summed E-state index contributed by atoms with van der Waals surface area (Å²) in [5.41, 5.74) is 6.18. The number of aryl methyl sites for hydroxylation is 2. The van der Waals surface area contributed by atoms with E-state index in [1.807, 2.05) is 41.0 Å². The molecule has 2 aliphatic rings. The summed E-state index contributed by atoms with van der Waals surface area (Å²) >= 11 is 0. The number of rotatable bonds is 7. The molecule has 2 aliphatic heterocycles. The van der Waals surface area contributed by atoms with Crippen LogP contribution >= 0.6 is 0 Å². The summed E-state index contributed by atoms with van der Waals surface area (Å²) in [6.45, 7) is 10.8. The quantitative estimate of drug-likeness (QED) is 0.401. The molecule has 0 spiro atoms. The van der Waals surface area contributed by atoms with E-state index in [2.05, 4.69) is 41.8 Å². The number of primary sulfonamides is 1. The molecule has 0 bridgehead atoms. The Morgan fingerprint density at radius 1 is 0.909 bits per heavy atom. The fourth-order valence-electron chi connectivity index (χ4n) is 6.55. The summed E-state index contributed by atoms with van der Waals surface area (Å²) in [4.78, 5) is 22.5. The number of amides is 1. The van der Waals surface area contributed by atoms with E-state index in [0.29, 0.717) is 49.0 Å². The standard InChI is InChI=1S/C33H40N6O3S.CH4/c1-4-39(27-13-15-36(16-14-27)29-10-6-5-9-26(29)23-34)31-22-28(24(2)21-25(31)3)33(40)38-19-17-37(18-20-38)30-11-7-8-12-32(30)43(35,41)42;/h5-12,21-22,27H,4,13-20H2,1-3H3,(H2,35,41,42);1H4. The van der Waals surface area contributed by atoms with Gasteiger partial charge in [-0.15, -0.1) is 0 Å². The topological polar surface area (TPSA) is 114 Å². The molecule has 5 rings (SSSR count). The normalized spacial score (nSPS) is 15.8. The number of sulfonamides is 1. The highest BCUT2D eigenvalue weighted by Gasteiger charge is 2.29. The number of carbonyl (C=O) groups is 1. The number of nitrogens with two attached hydrogens (primary N) is 1. The Hall–Kier alpha value is -4.07. The third-order valence-electron chi connectivity index (χ3n) is 8.77. The SMILES string of the molecule is C.CCN(c1cc(C(=O)N2CCN(c3ccccc3S(N)(=O)=O)CC2)c(C)cc1C)C1CCN(c2ccccc2C#N)CC1. The third-order valence-corrected chi connectivity index (χ3v) is 9.73. The van der Waals surface area contributed by atoms with E-state index in [-0.39, 0.29) is 18.2 Å². The van der Waals surface area contributed by atoms with Crippen LogP contribution in [0, 0.1) is 25.2 Å². The van der Waals surface area contributed by atoms with Crippen molar-refractivity contribution in [1.82, 2.24) is 4.90 Å². The monoisotopic (exact) mass is 616 g/mol. The largest absolute Gasteiger partial charge is 0.370 e. The lowest BCUT2D eigenvalue weighted by molar-refractivity contribution is 0.0746. The molecule has 10 heteroatoms. The molecular weight excluding hydrogens is 572 g/mol. The highest BCUT2D eigenvalue weighted by atomic mass is 32.2. The van der Waals surface area contributed by atoms with Crippen molar-refractivity contribution in [2.75, 3.05) is 60.5 Å². The minimum absolute atomic E-state index is 0. The molecule has 2 saturated heterocycles. The fourth-order valence-corrected chi connectivity index (χ4v) is 7.30. The number of piperazine rings is 1. The van der Waals surface area contributed by atoms with Crippen LogP contribution in [0.4, 0.5) is 17.1 Å². The maximum absolute atomic E-state index is 13.8. The van der Waals surface area contributed by atoms with Gasteiger partial charge in [0, 0.05) is 63.1 Å². The van der Waals surface area contributed by atoms with E-state index in [4.69, 9.17) is 5.14 Å². The number of piperidine rings is 1. The average molecular weight is 617 g/mol. The second-order valence-corrected chi connectivity index (χ2v) is 12.9. The van der Waals surface area contributed by atoms with Crippen LogP contribution in [0.2, 0.25) is 0 Å². The maximum Gasteiger partial charge on any atom is 0.254 e. The molecule has 2 heterocycles. The third kappa shape index (κ3) is 6.69. The first-order valence-electron chi connectivity index (χ1n) is 14.9. The van der Waals surface area contributed by atoms with Crippen molar-refractivity contribution in [3.63, 3.8) is 0 Å². The molecule has 3 aromatic carbocycles. The smallest absolute Gasteiger partial charge is 0.254 e. The number of nitriles is 1. The first-order chi connectivity index (χ1) is 20.6. The molecule has 234 valence electrons. The predicted molar refractivity (Wildman–Crippen MR) is 178 cm³/mol. The number of carbonyl (C=O) groups excluding carboxylic acids is 1. The van der Waals surface area contributed by atoms with Crippen LogP contribution in [0.1, 0.15) is 54.2 Å². The van der Waals surface area contributed by atoms with Crippen molar-refractivity contribution >= 4 is 33.0 Å².